The molecular formula is C24H30N6O3. The number of carbonyl (C=O) groups excluding carboxylic acids is 1. The highest BCUT2D eigenvalue weighted by molar-refractivity contribution is 5.77. The van der Waals surface area contributed by atoms with Crippen LogP contribution in [0.1, 0.15) is 39.5 Å². The first-order valence-electron chi connectivity index (χ1n) is 11.5. The molecule has 0 saturated carbocycles. The zero-order chi connectivity index (χ0) is 23.4. The van der Waals surface area contributed by atoms with Crippen molar-refractivity contribution < 1.29 is 9.53 Å². The molecule has 0 atom stereocenters. The average molecular weight is 451 g/mol. The van der Waals surface area contributed by atoms with Crippen molar-refractivity contribution in [1.29, 1.82) is 0 Å². The summed E-state index contributed by atoms with van der Waals surface area (Å²) in [7, 11) is 1.75. The number of benzene rings is 1. The van der Waals surface area contributed by atoms with Gasteiger partial charge in [-0.25, -0.2) is 18.4 Å². The van der Waals surface area contributed by atoms with E-state index in [0.717, 1.165) is 42.7 Å². The van der Waals surface area contributed by atoms with Crippen LogP contribution in [-0.4, -0.2) is 54.8 Å². The molecule has 1 amide bonds. The number of hydrogen-bond donors (Lipinski definition) is 0. The van der Waals surface area contributed by atoms with E-state index in [4.69, 9.17) is 4.74 Å². The average Bonchev–Trinajstić information content (AvgIpc) is 3.39. The Bertz CT molecular complexity index is 1300. The topological polar surface area (TPSA) is 86.1 Å². The number of hydrogen-bond acceptors (Lipinski definition) is 5. The summed E-state index contributed by atoms with van der Waals surface area (Å²) in [4.78, 5) is 27.0. The van der Waals surface area contributed by atoms with Gasteiger partial charge in [-0.3, -0.25) is 4.79 Å². The number of aromatic nitrogens is 5. The lowest BCUT2D eigenvalue weighted by Gasteiger charge is -2.15. The predicted octanol–water partition coefficient (Wildman–Crippen LogP) is 3.25. The van der Waals surface area contributed by atoms with Crippen molar-refractivity contribution in [2.45, 2.75) is 46.1 Å². The molecule has 0 aliphatic heterocycles. The number of amides is 1. The monoisotopic (exact) mass is 450 g/mol. The third-order valence-electron chi connectivity index (χ3n) is 5.67. The summed E-state index contributed by atoms with van der Waals surface area (Å²) < 4.78 is 10.1. The Morgan fingerprint density at radius 1 is 1.06 bits per heavy atom. The maximum absolute atomic E-state index is 12.8. The Hall–Kier alpha value is -3.62. The summed E-state index contributed by atoms with van der Waals surface area (Å²) in [6.45, 7) is 5.49. The van der Waals surface area contributed by atoms with Crippen molar-refractivity contribution >= 4 is 17.1 Å². The number of likely N-dealkylation sites (N-methyl/N-ethyl adjacent to an activating group) is 1. The van der Waals surface area contributed by atoms with Gasteiger partial charge in [-0.2, -0.15) is 5.10 Å². The molecule has 0 N–H and O–H groups in total. The number of carbonyl (C=O) groups is 1. The minimum Gasteiger partial charge on any atom is -0.494 e. The first-order chi connectivity index (χ1) is 16.0. The van der Waals surface area contributed by atoms with Crippen LogP contribution >= 0.6 is 0 Å². The zero-order valence-corrected chi connectivity index (χ0v) is 19.4. The fraction of sp³-hybridized carbons (Fsp3) is 0.417. The molecule has 1 aromatic carbocycles. The van der Waals surface area contributed by atoms with Crippen LogP contribution < -0.4 is 10.4 Å². The van der Waals surface area contributed by atoms with Crippen LogP contribution in [0.4, 0.5) is 0 Å². The second-order valence-corrected chi connectivity index (χ2v) is 8.19. The highest BCUT2D eigenvalue weighted by Crippen LogP contribution is 2.24. The Morgan fingerprint density at radius 3 is 2.55 bits per heavy atom. The fourth-order valence-electron chi connectivity index (χ4n) is 3.60. The van der Waals surface area contributed by atoms with E-state index in [-0.39, 0.29) is 18.1 Å². The Morgan fingerprint density at radius 2 is 1.82 bits per heavy atom. The SMILES string of the molecule is CCCCOc1ccc(-c2cc3c4nn(CC(=O)N(C)CCCC)c(=O)n4ccn3n2)cc1. The van der Waals surface area contributed by atoms with Gasteiger partial charge in [0.1, 0.15) is 17.8 Å². The highest BCUT2D eigenvalue weighted by Gasteiger charge is 2.17. The van der Waals surface area contributed by atoms with E-state index in [1.165, 1.54) is 9.08 Å². The van der Waals surface area contributed by atoms with E-state index in [1.807, 2.05) is 30.3 Å². The van der Waals surface area contributed by atoms with Gasteiger partial charge in [0, 0.05) is 31.5 Å². The van der Waals surface area contributed by atoms with Gasteiger partial charge in [0.2, 0.25) is 5.91 Å². The fourth-order valence-corrected chi connectivity index (χ4v) is 3.60. The van der Waals surface area contributed by atoms with Gasteiger partial charge < -0.3 is 9.64 Å². The van der Waals surface area contributed by atoms with Crippen LogP contribution in [0, 0.1) is 0 Å². The number of nitrogens with zero attached hydrogens (tertiary/aromatic N) is 6. The van der Waals surface area contributed by atoms with Crippen molar-refractivity contribution in [3.63, 3.8) is 0 Å². The van der Waals surface area contributed by atoms with Crippen LogP contribution in [0.25, 0.3) is 22.4 Å². The molecule has 0 fully saturated rings. The summed E-state index contributed by atoms with van der Waals surface area (Å²) in [5, 5.41) is 9.08. The molecule has 33 heavy (non-hydrogen) atoms. The lowest BCUT2D eigenvalue weighted by molar-refractivity contribution is -0.130. The third kappa shape index (κ3) is 4.76. The number of ether oxygens (including phenoxy) is 1. The highest BCUT2D eigenvalue weighted by atomic mass is 16.5. The van der Waals surface area contributed by atoms with Crippen molar-refractivity contribution in [2.24, 2.45) is 0 Å². The van der Waals surface area contributed by atoms with Gasteiger partial charge in [0.05, 0.1) is 12.3 Å². The molecule has 0 radical (unpaired) electrons. The summed E-state index contributed by atoms with van der Waals surface area (Å²) in [6.07, 6.45) is 7.39. The molecule has 0 aliphatic carbocycles. The maximum Gasteiger partial charge on any atom is 0.350 e. The first-order valence-corrected chi connectivity index (χ1v) is 11.5. The molecule has 9 nitrogen and oxygen atoms in total. The van der Waals surface area contributed by atoms with Gasteiger partial charge in [-0.15, -0.1) is 5.10 Å². The molecule has 3 heterocycles. The van der Waals surface area contributed by atoms with E-state index in [0.29, 0.717) is 24.3 Å². The number of fused-ring (bicyclic) bond motifs is 3. The molecule has 174 valence electrons. The summed E-state index contributed by atoms with van der Waals surface area (Å²) in [5.41, 5.74) is 2.51. The smallest absolute Gasteiger partial charge is 0.350 e. The molecule has 9 heteroatoms. The van der Waals surface area contributed by atoms with Gasteiger partial charge in [0.15, 0.2) is 5.65 Å². The molecule has 4 rings (SSSR count). The molecule has 0 aliphatic rings. The minimum atomic E-state index is -0.346. The first kappa shape index (κ1) is 22.6. The maximum atomic E-state index is 12.8. The largest absolute Gasteiger partial charge is 0.494 e. The molecule has 0 bridgehead atoms. The summed E-state index contributed by atoms with van der Waals surface area (Å²) in [6, 6.07) is 9.70. The molecule has 3 aromatic heterocycles. The molecule has 0 unspecified atom stereocenters. The number of rotatable bonds is 10. The molecular weight excluding hydrogens is 420 g/mol. The van der Waals surface area contributed by atoms with E-state index in [1.54, 1.807) is 28.9 Å². The van der Waals surface area contributed by atoms with E-state index in [9.17, 15) is 9.59 Å². The van der Waals surface area contributed by atoms with Crippen LogP contribution in [0.15, 0.2) is 47.5 Å². The minimum absolute atomic E-state index is 0.0899. The van der Waals surface area contributed by atoms with Crippen molar-refractivity contribution in [3.05, 3.63) is 53.2 Å². The van der Waals surface area contributed by atoms with Crippen molar-refractivity contribution in [3.8, 4) is 17.0 Å². The summed E-state index contributed by atoms with van der Waals surface area (Å²) >= 11 is 0. The van der Waals surface area contributed by atoms with E-state index in [2.05, 4.69) is 24.0 Å². The van der Waals surface area contributed by atoms with Gasteiger partial charge in [-0.1, -0.05) is 26.7 Å². The Labute approximate surface area is 192 Å². The lowest BCUT2D eigenvalue weighted by atomic mass is 10.1. The van der Waals surface area contributed by atoms with Crippen LogP contribution in [0.5, 0.6) is 5.75 Å². The Balaban J connectivity index is 1.60. The van der Waals surface area contributed by atoms with Gasteiger partial charge in [-0.05, 0) is 43.2 Å². The molecule has 0 saturated heterocycles. The molecule has 0 spiro atoms. The standard InChI is InChI=1S/C24H30N6O3/c1-4-6-12-27(3)22(31)17-30-24(32)28-13-14-29-21(23(28)26-30)16-20(25-29)18-8-10-19(11-9-18)33-15-7-5-2/h8-11,13-14,16H,4-7,12,15,17H2,1-3H3. The van der Waals surface area contributed by atoms with Crippen molar-refractivity contribution in [1.82, 2.24) is 28.7 Å². The van der Waals surface area contributed by atoms with Crippen molar-refractivity contribution in [2.75, 3.05) is 20.2 Å². The van der Waals surface area contributed by atoms with Crippen LogP contribution in [0.2, 0.25) is 0 Å². The van der Waals surface area contributed by atoms with Gasteiger partial charge >= 0.3 is 5.69 Å². The predicted molar refractivity (Wildman–Crippen MR) is 127 cm³/mol. The second kappa shape index (κ2) is 9.89. The quantitative estimate of drug-likeness (QED) is 0.346. The normalized spacial score (nSPS) is 11.4. The Kier molecular flexibility index (Phi) is 6.76. The lowest BCUT2D eigenvalue weighted by Crippen LogP contribution is -2.34. The zero-order valence-electron chi connectivity index (χ0n) is 19.4. The molecule has 4 aromatic rings. The van der Waals surface area contributed by atoms with Gasteiger partial charge in [0.25, 0.3) is 0 Å². The van der Waals surface area contributed by atoms with E-state index < -0.39 is 0 Å². The van der Waals surface area contributed by atoms with Crippen LogP contribution in [-0.2, 0) is 11.3 Å². The van der Waals surface area contributed by atoms with E-state index >= 15 is 0 Å². The summed E-state index contributed by atoms with van der Waals surface area (Å²) in [5.74, 6) is 0.692. The third-order valence-corrected chi connectivity index (χ3v) is 5.67. The second-order valence-electron chi connectivity index (χ2n) is 8.19. The van der Waals surface area contributed by atoms with Crippen LogP contribution in [0.3, 0.4) is 0 Å². The number of unbranched alkanes of at least 4 members (excludes halogenated alkanes) is 2.